The van der Waals surface area contributed by atoms with Gasteiger partial charge in [-0.2, -0.15) is 0 Å². The minimum atomic E-state index is -0.582. The third-order valence-electron chi connectivity index (χ3n) is 7.83. The maximum atomic E-state index is 13.8. The number of aryl methyl sites for hydroxylation is 2. The Kier molecular flexibility index (Phi) is 9.49. The van der Waals surface area contributed by atoms with Gasteiger partial charge in [-0.05, 0) is 45.0 Å². The maximum Gasteiger partial charge on any atom is 0.321 e. The summed E-state index contributed by atoms with van der Waals surface area (Å²) in [6.07, 6.45) is 1.14. The number of aliphatic hydroxyl groups excluding tert-OH is 1. The number of anilines is 2. The molecule has 4 aromatic rings. The van der Waals surface area contributed by atoms with Crippen molar-refractivity contribution in [2.24, 2.45) is 5.92 Å². The molecule has 0 radical (unpaired) electrons. The van der Waals surface area contributed by atoms with Crippen molar-refractivity contribution < 1.29 is 28.8 Å². The van der Waals surface area contributed by atoms with Crippen molar-refractivity contribution in [1.82, 2.24) is 19.9 Å². The summed E-state index contributed by atoms with van der Waals surface area (Å²) >= 11 is 1.51. The first-order valence-corrected chi connectivity index (χ1v) is 15.4. The number of ether oxygens (including phenoxy) is 1. The van der Waals surface area contributed by atoms with Crippen molar-refractivity contribution in [3.05, 3.63) is 76.6 Å². The van der Waals surface area contributed by atoms with E-state index in [0.717, 1.165) is 10.6 Å². The highest BCUT2D eigenvalue weighted by molar-refractivity contribution is 7.13. The first-order chi connectivity index (χ1) is 21.6. The van der Waals surface area contributed by atoms with Crippen LogP contribution in [0.4, 0.5) is 16.2 Å². The summed E-state index contributed by atoms with van der Waals surface area (Å²) < 4.78 is 11.7. The number of para-hydroxylation sites is 1. The Morgan fingerprint density at radius 1 is 1.18 bits per heavy atom. The SMILES string of the molecule is Cc1noc(C)c1NC(=O)N(C)C[C@@H]1Oc2c(NC(=O)c3ccc(-c4nccs4)cc3)cccc2C(=O)N([C@H](C)CO)C[C@H]1C. The lowest BCUT2D eigenvalue weighted by Crippen LogP contribution is -2.50. The second-order valence-corrected chi connectivity index (χ2v) is 12.1. The standard InChI is InChI=1S/C32H36N6O6S/c1-18-15-38(19(2)17-39)31(41)24-7-6-8-25(34-29(40)22-9-11-23(12-10-22)30-33-13-14-45-30)28(24)43-26(18)16-37(5)32(42)35-27-20(3)36-44-21(27)4/h6-14,18-19,26,39H,15-17H2,1-5H3,(H,34,40)(H,35,42)/t18-,19-,26+/m1/s1. The van der Waals surface area contributed by atoms with E-state index in [1.807, 2.05) is 24.4 Å². The molecule has 236 valence electrons. The predicted molar refractivity (Wildman–Crippen MR) is 171 cm³/mol. The van der Waals surface area contributed by atoms with E-state index >= 15 is 0 Å². The molecule has 2 aromatic heterocycles. The summed E-state index contributed by atoms with van der Waals surface area (Å²) in [6, 6.07) is 11.2. The van der Waals surface area contributed by atoms with E-state index in [4.69, 9.17) is 9.26 Å². The Hall–Kier alpha value is -4.75. The average Bonchev–Trinajstić information content (AvgIpc) is 3.69. The minimum Gasteiger partial charge on any atom is -0.485 e. The second-order valence-electron chi connectivity index (χ2n) is 11.2. The number of nitrogens with zero attached hydrogens (tertiary/aromatic N) is 4. The Bertz CT molecular complexity index is 1650. The molecule has 12 nitrogen and oxygen atoms in total. The molecule has 0 fully saturated rings. The van der Waals surface area contributed by atoms with Crippen LogP contribution in [0.25, 0.3) is 10.6 Å². The van der Waals surface area contributed by atoms with Gasteiger partial charge in [0.05, 0.1) is 30.4 Å². The molecule has 5 rings (SSSR count). The molecule has 13 heteroatoms. The zero-order chi connectivity index (χ0) is 32.2. The number of fused-ring (bicyclic) bond motifs is 1. The summed E-state index contributed by atoms with van der Waals surface area (Å²) in [5, 5.41) is 22.4. The Morgan fingerprint density at radius 3 is 2.58 bits per heavy atom. The van der Waals surface area contributed by atoms with Gasteiger partial charge < -0.3 is 34.8 Å². The fraction of sp³-hybridized carbons (Fsp3) is 0.344. The number of aromatic nitrogens is 2. The fourth-order valence-corrected chi connectivity index (χ4v) is 5.75. The van der Waals surface area contributed by atoms with Crippen LogP contribution in [0.15, 0.2) is 58.6 Å². The number of nitrogens with one attached hydrogen (secondary N) is 2. The van der Waals surface area contributed by atoms with Gasteiger partial charge in [-0.25, -0.2) is 9.78 Å². The van der Waals surface area contributed by atoms with E-state index in [0.29, 0.717) is 28.4 Å². The lowest BCUT2D eigenvalue weighted by atomic mass is 9.99. The summed E-state index contributed by atoms with van der Waals surface area (Å²) in [4.78, 5) is 47.8. The van der Waals surface area contributed by atoms with E-state index in [2.05, 4.69) is 20.8 Å². The monoisotopic (exact) mass is 632 g/mol. The molecule has 45 heavy (non-hydrogen) atoms. The predicted octanol–water partition coefficient (Wildman–Crippen LogP) is 5.05. The molecule has 0 bridgehead atoms. The number of hydrogen-bond donors (Lipinski definition) is 3. The van der Waals surface area contributed by atoms with Crippen LogP contribution < -0.4 is 15.4 Å². The molecule has 3 heterocycles. The normalized spacial score (nSPS) is 17.0. The van der Waals surface area contributed by atoms with Gasteiger partial charge in [0.2, 0.25) is 0 Å². The number of carbonyl (C=O) groups is 3. The van der Waals surface area contributed by atoms with Crippen LogP contribution in [0.5, 0.6) is 5.75 Å². The van der Waals surface area contributed by atoms with Gasteiger partial charge in [0.15, 0.2) is 11.5 Å². The highest BCUT2D eigenvalue weighted by Crippen LogP contribution is 2.35. The van der Waals surface area contributed by atoms with Crippen LogP contribution in [0.2, 0.25) is 0 Å². The van der Waals surface area contributed by atoms with Gasteiger partial charge in [-0.3, -0.25) is 9.59 Å². The molecule has 4 amide bonds. The minimum absolute atomic E-state index is 0.159. The third kappa shape index (κ3) is 6.84. The average molecular weight is 633 g/mol. The maximum absolute atomic E-state index is 13.8. The molecule has 0 unspecified atom stereocenters. The molecular weight excluding hydrogens is 596 g/mol. The van der Waals surface area contributed by atoms with Gasteiger partial charge in [0.1, 0.15) is 22.5 Å². The lowest BCUT2D eigenvalue weighted by Gasteiger charge is -2.38. The van der Waals surface area contributed by atoms with Crippen LogP contribution in [0.1, 0.15) is 46.0 Å². The van der Waals surface area contributed by atoms with Crippen LogP contribution in [0.3, 0.4) is 0 Å². The first-order valence-electron chi connectivity index (χ1n) is 14.5. The molecule has 0 spiro atoms. The van der Waals surface area contributed by atoms with Crippen molar-refractivity contribution >= 4 is 40.6 Å². The lowest BCUT2D eigenvalue weighted by molar-refractivity contribution is 0.0372. The quantitative estimate of drug-likeness (QED) is 0.244. The zero-order valence-electron chi connectivity index (χ0n) is 25.7. The number of rotatable bonds is 8. The topological polar surface area (TPSA) is 150 Å². The highest BCUT2D eigenvalue weighted by atomic mass is 32.1. The number of thiazole rings is 1. The smallest absolute Gasteiger partial charge is 0.321 e. The first kappa shape index (κ1) is 31.7. The number of carbonyl (C=O) groups excluding carboxylic acids is 3. The number of benzene rings is 2. The number of amides is 4. The Labute approximate surface area is 265 Å². The zero-order valence-corrected chi connectivity index (χ0v) is 26.6. The van der Waals surface area contributed by atoms with Crippen LogP contribution in [0, 0.1) is 19.8 Å². The van der Waals surface area contributed by atoms with Crippen molar-refractivity contribution in [1.29, 1.82) is 0 Å². The van der Waals surface area contributed by atoms with Crippen molar-refractivity contribution in [3.63, 3.8) is 0 Å². The molecule has 3 atom stereocenters. The van der Waals surface area contributed by atoms with Crippen molar-refractivity contribution in [2.45, 2.75) is 39.8 Å². The number of hydrogen-bond acceptors (Lipinski definition) is 9. The Balaban J connectivity index is 1.43. The highest BCUT2D eigenvalue weighted by Gasteiger charge is 2.35. The van der Waals surface area contributed by atoms with Gasteiger partial charge in [-0.15, -0.1) is 11.3 Å². The van der Waals surface area contributed by atoms with Crippen molar-refractivity contribution in [2.75, 3.05) is 37.4 Å². The van der Waals surface area contributed by atoms with Crippen LogP contribution in [-0.4, -0.2) is 81.8 Å². The summed E-state index contributed by atoms with van der Waals surface area (Å²) in [5.74, 6) is -0.281. The molecular formula is C32H36N6O6S. The second kappa shape index (κ2) is 13.5. The van der Waals surface area contributed by atoms with Crippen LogP contribution in [-0.2, 0) is 0 Å². The van der Waals surface area contributed by atoms with E-state index in [-0.39, 0.29) is 54.8 Å². The molecule has 0 saturated heterocycles. The van der Waals surface area contributed by atoms with Crippen LogP contribution >= 0.6 is 11.3 Å². The summed E-state index contributed by atoms with van der Waals surface area (Å²) in [7, 11) is 1.64. The molecule has 0 saturated carbocycles. The summed E-state index contributed by atoms with van der Waals surface area (Å²) in [5.41, 5.74) is 2.94. The largest absolute Gasteiger partial charge is 0.485 e. The fourth-order valence-electron chi connectivity index (χ4n) is 5.10. The van der Waals surface area contributed by atoms with Gasteiger partial charge in [0, 0.05) is 42.2 Å². The van der Waals surface area contributed by atoms with E-state index < -0.39 is 12.1 Å². The van der Waals surface area contributed by atoms with Gasteiger partial charge >= 0.3 is 6.03 Å². The number of aliphatic hydroxyl groups is 1. The summed E-state index contributed by atoms with van der Waals surface area (Å²) in [6.45, 7) is 7.36. The van der Waals surface area contributed by atoms with Crippen molar-refractivity contribution in [3.8, 4) is 16.3 Å². The van der Waals surface area contributed by atoms with E-state index in [9.17, 15) is 19.5 Å². The molecule has 1 aliphatic rings. The number of urea groups is 1. The molecule has 0 aliphatic carbocycles. The number of likely N-dealkylation sites (N-methyl/N-ethyl adjacent to an activating group) is 1. The van der Waals surface area contributed by atoms with E-state index in [1.54, 1.807) is 69.2 Å². The van der Waals surface area contributed by atoms with Gasteiger partial charge in [0.25, 0.3) is 11.8 Å². The molecule has 3 N–H and O–H groups in total. The van der Waals surface area contributed by atoms with E-state index in [1.165, 1.54) is 16.2 Å². The third-order valence-corrected chi connectivity index (χ3v) is 8.65. The van der Waals surface area contributed by atoms with Gasteiger partial charge in [-0.1, -0.05) is 30.3 Å². The Morgan fingerprint density at radius 2 is 1.93 bits per heavy atom. The molecule has 2 aromatic carbocycles. The molecule has 1 aliphatic heterocycles.